The molecule has 340 valence electrons. The number of carbonyl (C=O) groups is 4. The maximum Gasteiger partial charge on any atom is 0.253 e. The molecule has 2 aromatic carbocycles. The van der Waals surface area contributed by atoms with Gasteiger partial charge in [0, 0.05) is 74.2 Å². The van der Waals surface area contributed by atoms with Gasteiger partial charge in [-0.15, -0.1) is 0 Å². The second-order valence-electron chi connectivity index (χ2n) is 15.8. The fourth-order valence-electron chi connectivity index (χ4n) is 6.89. The van der Waals surface area contributed by atoms with Crippen molar-refractivity contribution in [3.8, 4) is 11.1 Å². The molecule has 4 rings (SSSR count). The number of hydrogen-bond donors (Lipinski definition) is 4. The number of rotatable bonds is 29. The van der Waals surface area contributed by atoms with Crippen LogP contribution in [0.25, 0.3) is 11.1 Å². The van der Waals surface area contributed by atoms with E-state index < -0.39 is 41.1 Å². The quantitative estimate of drug-likeness (QED) is 0.0455. The van der Waals surface area contributed by atoms with Crippen LogP contribution in [-0.2, 0) is 44.7 Å². The zero-order chi connectivity index (χ0) is 44.9. The molecule has 0 saturated heterocycles. The van der Waals surface area contributed by atoms with E-state index in [0.29, 0.717) is 84.4 Å². The van der Waals surface area contributed by atoms with Gasteiger partial charge in [-0.2, -0.15) is 0 Å². The highest BCUT2D eigenvalue weighted by Crippen LogP contribution is 2.41. The van der Waals surface area contributed by atoms with Crippen molar-refractivity contribution in [3.05, 3.63) is 95.8 Å². The number of β-amino-alcohol motifs (C(OH)–C–C–N with tert-alkyl or cyclic N) is 1. The SMILES string of the molecule is CC(C)(C)[C@H](c1cc(-c2cc(F)ccc2F)cn1Cc1ccccc1)N(CCCN)C(=O)CCC(=O)NCCOCCOCCOCCOCCNC(O)CN1C(=O)C=CC1=O. The van der Waals surface area contributed by atoms with Crippen LogP contribution in [0.3, 0.4) is 0 Å². The molecule has 15 nitrogen and oxygen atoms in total. The molecule has 1 aliphatic rings. The Morgan fingerprint density at radius 1 is 0.839 bits per heavy atom. The van der Waals surface area contributed by atoms with Crippen LogP contribution in [0, 0.1) is 17.0 Å². The number of halogens is 2. The number of aliphatic hydroxyl groups is 1. The van der Waals surface area contributed by atoms with Crippen molar-refractivity contribution in [1.82, 2.24) is 25.0 Å². The van der Waals surface area contributed by atoms with E-state index in [-0.39, 0.29) is 49.9 Å². The van der Waals surface area contributed by atoms with E-state index in [4.69, 9.17) is 24.7 Å². The molecule has 0 bridgehead atoms. The standard InChI is InChI=1S/C45H62F2N6O9/c1-45(2,3)44(38-28-34(36-29-35(46)10-11-37(36)47)31-51(38)30-33-8-5-4-6-9-33)52(19-7-16-48)41(56)13-12-39(54)49-17-20-59-22-24-61-26-27-62-25-23-60-21-18-50-40(55)32-53-42(57)14-15-43(53)58/h4-6,8-11,14-15,28-29,31,40,44,50,55H,7,12-13,16-27,30,32,48H2,1-3H3,(H,49,54)/t40?,44-/m0/s1. The lowest BCUT2D eigenvalue weighted by Gasteiger charge is -2.41. The molecule has 62 heavy (non-hydrogen) atoms. The molecule has 1 aromatic heterocycles. The lowest BCUT2D eigenvalue weighted by molar-refractivity contribution is -0.139. The number of aromatic nitrogens is 1. The summed E-state index contributed by atoms with van der Waals surface area (Å²) in [5, 5.41) is 15.5. The molecular formula is C45H62F2N6O9. The van der Waals surface area contributed by atoms with Crippen LogP contribution in [0.4, 0.5) is 8.78 Å². The molecular weight excluding hydrogens is 807 g/mol. The highest BCUT2D eigenvalue weighted by atomic mass is 19.1. The lowest BCUT2D eigenvalue weighted by atomic mass is 9.82. The summed E-state index contributed by atoms with van der Waals surface area (Å²) < 4.78 is 53.4. The van der Waals surface area contributed by atoms with Gasteiger partial charge in [0.05, 0.1) is 65.4 Å². The van der Waals surface area contributed by atoms with Gasteiger partial charge >= 0.3 is 0 Å². The number of carbonyl (C=O) groups excluding carboxylic acids is 4. The van der Waals surface area contributed by atoms with E-state index in [1.54, 1.807) is 11.1 Å². The van der Waals surface area contributed by atoms with Crippen LogP contribution in [0.15, 0.2) is 72.9 Å². The van der Waals surface area contributed by atoms with Crippen LogP contribution in [0.1, 0.15) is 57.3 Å². The second kappa shape index (κ2) is 25.9. The van der Waals surface area contributed by atoms with Crippen molar-refractivity contribution in [3.63, 3.8) is 0 Å². The number of nitrogens with two attached hydrogens (primary N) is 1. The molecule has 1 aliphatic heterocycles. The van der Waals surface area contributed by atoms with Crippen molar-refractivity contribution in [2.45, 2.75) is 58.8 Å². The number of nitrogens with zero attached hydrogens (tertiary/aromatic N) is 3. The number of hydrogen-bond acceptors (Lipinski definition) is 11. The Kier molecular flexibility index (Phi) is 20.8. The van der Waals surface area contributed by atoms with E-state index in [2.05, 4.69) is 10.6 Å². The third-order valence-corrected chi connectivity index (χ3v) is 9.83. The number of benzene rings is 2. The molecule has 17 heteroatoms. The number of imide groups is 1. The Labute approximate surface area is 362 Å². The first-order chi connectivity index (χ1) is 29.8. The minimum atomic E-state index is -1.05. The Bertz CT molecular complexity index is 1890. The summed E-state index contributed by atoms with van der Waals surface area (Å²) >= 11 is 0. The average Bonchev–Trinajstić information content (AvgIpc) is 3.79. The molecule has 2 heterocycles. The maximum atomic E-state index is 15.1. The number of ether oxygens (including phenoxy) is 4. The van der Waals surface area contributed by atoms with Gasteiger partial charge in [-0.1, -0.05) is 51.1 Å². The van der Waals surface area contributed by atoms with Gasteiger partial charge in [-0.25, -0.2) is 8.78 Å². The molecule has 0 spiro atoms. The first-order valence-electron chi connectivity index (χ1n) is 21.0. The average molecular weight is 869 g/mol. The number of amides is 4. The molecule has 1 unspecified atom stereocenters. The minimum absolute atomic E-state index is 0.0307. The van der Waals surface area contributed by atoms with Gasteiger partial charge in [0.15, 0.2) is 0 Å². The van der Waals surface area contributed by atoms with Gasteiger partial charge < -0.3 is 44.6 Å². The zero-order valence-electron chi connectivity index (χ0n) is 36.0. The van der Waals surface area contributed by atoms with E-state index >= 15 is 4.39 Å². The van der Waals surface area contributed by atoms with E-state index in [0.717, 1.165) is 40.4 Å². The largest absolute Gasteiger partial charge is 0.378 e. The minimum Gasteiger partial charge on any atom is -0.378 e. The van der Waals surface area contributed by atoms with Crippen LogP contribution in [0.5, 0.6) is 0 Å². The normalized spacial score (nSPS) is 13.8. The van der Waals surface area contributed by atoms with Gasteiger partial charge in [-0.05, 0) is 48.2 Å². The molecule has 0 aliphatic carbocycles. The number of aliphatic hydroxyl groups excluding tert-OH is 1. The predicted molar refractivity (Wildman–Crippen MR) is 228 cm³/mol. The zero-order valence-corrected chi connectivity index (χ0v) is 36.0. The van der Waals surface area contributed by atoms with Crippen molar-refractivity contribution in [1.29, 1.82) is 0 Å². The molecule has 0 saturated carbocycles. The van der Waals surface area contributed by atoms with Crippen LogP contribution in [-0.4, -0.2) is 135 Å². The summed E-state index contributed by atoms with van der Waals surface area (Å²) in [5.74, 6) is -2.53. The lowest BCUT2D eigenvalue weighted by Crippen LogP contribution is -2.44. The van der Waals surface area contributed by atoms with Crippen LogP contribution in [0.2, 0.25) is 0 Å². The van der Waals surface area contributed by atoms with Crippen LogP contribution < -0.4 is 16.4 Å². The molecule has 3 aromatic rings. The summed E-state index contributed by atoms with van der Waals surface area (Å²) in [6, 6.07) is 14.5. The van der Waals surface area contributed by atoms with Gasteiger partial charge in [0.1, 0.15) is 17.9 Å². The Morgan fingerprint density at radius 3 is 2.06 bits per heavy atom. The summed E-state index contributed by atoms with van der Waals surface area (Å²) in [7, 11) is 0. The van der Waals surface area contributed by atoms with Gasteiger partial charge in [-0.3, -0.25) is 29.4 Å². The first-order valence-corrected chi connectivity index (χ1v) is 21.0. The molecule has 4 amide bonds. The Hall–Kier alpha value is -4.88. The molecule has 2 atom stereocenters. The molecule has 0 radical (unpaired) electrons. The van der Waals surface area contributed by atoms with Crippen molar-refractivity contribution in [2.24, 2.45) is 11.1 Å². The summed E-state index contributed by atoms with van der Waals surface area (Å²) in [5.41, 5.74) is 7.79. The highest BCUT2D eigenvalue weighted by Gasteiger charge is 2.37. The Balaban J connectivity index is 1.15. The third kappa shape index (κ3) is 16.4. The first kappa shape index (κ1) is 49.8. The summed E-state index contributed by atoms with van der Waals surface area (Å²) in [4.78, 5) is 52.7. The topological polar surface area (TPSA) is 187 Å². The summed E-state index contributed by atoms with van der Waals surface area (Å²) in [6.45, 7) is 10.3. The monoisotopic (exact) mass is 868 g/mol. The van der Waals surface area contributed by atoms with Gasteiger partial charge in [0.2, 0.25) is 11.8 Å². The second-order valence-corrected chi connectivity index (χ2v) is 15.8. The number of nitrogens with one attached hydrogen (secondary N) is 2. The van der Waals surface area contributed by atoms with Gasteiger partial charge in [0.25, 0.3) is 11.8 Å². The maximum absolute atomic E-state index is 15.1. The Morgan fingerprint density at radius 2 is 1.45 bits per heavy atom. The van der Waals surface area contributed by atoms with Crippen molar-refractivity contribution in [2.75, 3.05) is 85.6 Å². The highest BCUT2D eigenvalue weighted by molar-refractivity contribution is 6.12. The molecule has 0 fully saturated rings. The van der Waals surface area contributed by atoms with E-state index in [1.807, 2.05) is 61.7 Å². The smallest absolute Gasteiger partial charge is 0.253 e. The predicted octanol–water partition coefficient (Wildman–Crippen LogP) is 3.54. The molecule has 5 N–H and O–H groups in total. The van der Waals surface area contributed by atoms with E-state index in [1.165, 1.54) is 6.07 Å². The fourth-order valence-corrected chi connectivity index (χ4v) is 6.89. The third-order valence-electron chi connectivity index (χ3n) is 9.83. The van der Waals surface area contributed by atoms with E-state index in [9.17, 15) is 28.7 Å². The summed E-state index contributed by atoms with van der Waals surface area (Å²) in [6.07, 6.45) is 3.53. The van der Waals surface area contributed by atoms with Crippen molar-refractivity contribution < 1.29 is 52.0 Å². The van der Waals surface area contributed by atoms with Crippen molar-refractivity contribution >= 4 is 23.6 Å². The van der Waals surface area contributed by atoms with Crippen LogP contribution >= 0.6 is 0 Å². The fraction of sp³-hybridized carbons (Fsp3) is 0.511.